The van der Waals surface area contributed by atoms with Crippen LogP contribution >= 0.6 is 0 Å². The Balaban J connectivity index is 1.73. The van der Waals surface area contributed by atoms with E-state index in [1.807, 2.05) is 36.9 Å². The number of methoxy groups -OCH3 is 1. The van der Waals surface area contributed by atoms with Gasteiger partial charge in [0.05, 0.1) is 13.7 Å². The number of carbonyl (C=O) groups is 2. The van der Waals surface area contributed by atoms with Gasteiger partial charge in [-0.25, -0.2) is 4.79 Å². The molecule has 1 saturated carbocycles. The van der Waals surface area contributed by atoms with E-state index in [4.69, 9.17) is 9.84 Å². The Bertz CT molecular complexity index is 614. The maximum absolute atomic E-state index is 12.0. The Morgan fingerprint density at radius 3 is 2.64 bits per heavy atom. The predicted molar refractivity (Wildman–Crippen MR) is 94.8 cm³/mol. The molecule has 0 heterocycles. The van der Waals surface area contributed by atoms with Gasteiger partial charge in [-0.2, -0.15) is 0 Å². The number of nitrogens with zero attached hydrogens (tertiary/aromatic N) is 1. The Labute approximate surface area is 148 Å². The lowest BCUT2D eigenvalue weighted by Crippen LogP contribution is -2.56. The molecule has 1 aromatic carbocycles. The lowest BCUT2D eigenvalue weighted by Gasteiger charge is -2.42. The lowest BCUT2D eigenvalue weighted by molar-refractivity contribution is -0.139. The first-order valence-electron chi connectivity index (χ1n) is 8.56. The van der Waals surface area contributed by atoms with Crippen LogP contribution in [-0.2, 0) is 11.3 Å². The molecule has 1 aliphatic carbocycles. The first-order chi connectivity index (χ1) is 11.9. The number of hydrogen-bond donors (Lipinski definition) is 3. The van der Waals surface area contributed by atoms with E-state index in [9.17, 15) is 9.59 Å². The Morgan fingerprint density at radius 2 is 2.04 bits per heavy atom. The number of benzene rings is 1. The second kappa shape index (κ2) is 8.71. The van der Waals surface area contributed by atoms with E-state index < -0.39 is 5.97 Å². The summed E-state index contributed by atoms with van der Waals surface area (Å²) in [6.45, 7) is 5.12. The highest BCUT2D eigenvalue weighted by molar-refractivity contribution is 5.74. The molecule has 0 unspecified atom stereocenters. The van der Waals surface area contributed by atoms with Gasteiger partial charge < -0.3 is 20.5 Å². The lowest BCUT2D eigenvalue weighted by atomic mass is 9.85. The molecule has 7 heteroatoms. The van der Waals surface area contributed by atoms with Crippen molar-refractivity contribution < 1.29 is 19.4 Å². The molecular formula is C18H27N3O4. The topological polar surface area (TPSA) is 90.9 Å². The molecule has 1 aromatic rings. The van der Waals surface area contributed by atoms with Gasteiger partial charge in [0.25, 0.3) is 0 Å². The number of ether oxygens (including phenoxy) is 1. The molecule has 138 valence electrons. The third kappa shape index (κ3) is 5.63. The van der Waals surface area contributed by atoms with Crippen LogP contribution in [0.1, 0.15) is 30.9 Å². The number of rotatable bonds is 8. The number of carbonyl (C=O) groups excluding carboxylic acids is 1. The van der Waals surface area contributed by atoms with Gasteiger partial charge in [-0.3, -0.25) is 9.69 Å². The van der Waals surface area contributed by atoms with Crippen molar-refractivity contribution in [3.05, 3.63) is 29.3 Å². The highest BCUT2D eigenvalue weighted by atomic mass is 16.5. The zero-order valence-electron chi connectivity index (χ0n) is 15.0. The Hall–Kier alpha value is -2.28. The predicted octanol–water partition coefficient (Wildman–Crippen LogP) is 1.74. The number of likely N-dealkylation sites (N-methyl/N-ethyl adjacent to an activating group) is 1. The summed E-state index contributed by atoms with van der Waals surface area (Å²) in [4.78, 5) is 24.8. The summed E-state index contributed by atoms with van der Waals surface area (Å²) in [6.07, 6.45) is 1.57. The van der Waals surface area contributed by atoms with Gasteiger partial charge in [0.2, 0.25) is 0 Å². The molecule has 2 rings (SSSR count). The SMILES string of the molecule is CCN(CC(=O)O)C1CC(NC(=O)NCc2cc(C)cc(OC)c2)C1. The van der Waals surface area contributed by atoms with Gasteiger partial charge in [0.15, 0.2) is 0 Å². The van der Waals surface area contributed by atoms with Gasteiger partial charge in [-0.1, -0.05) is 13.0 Å². The molecule has 0 radical (unpaired) electrons. The molecule has 0 aromatic heterocycles. The summed E-state index contributed by atoms with van der Waals surface area (Å²) in [5.74, 6) is -0.0401. The van der Waals surface area contributed by atoms with E-state index in [-0.39, 0.29) is 24.7 Å². The van der Waals surface area contributed by atoms with Crippen LogP contribution in [-0.4, -0.2) is 54.3 Å². The number of urea groups is 1. The van der Waals surface area contributed by atoms with E-state index in [1.54, 1.807) is 7.11 Å². The zero-order valence-corrected chi connectivity index (χ0v) is 15.0. The number of nitrogens with one attached hydrogen (secondary N) is 2. The fourth-order valence-electron chi connectivity index (χ4n) is 3.14. The number of aryl methyl sites for hydroxylation is 1. The molecule has 0 saturated heterocycles. The van der Waals surface area contributed by atoms with Crippen molar-refractivity contribution in [2.45, 2.75) is 45.3 Å². The van der Waals surface area contributed by atoms with Crippen LogP contribution in [0.4, 0.5) is 4.79 Å². The van der Waals surface area contributed by atoms with Crippen LogP contribution in [0.2, 0.25) is 0 Å². The first-order valence-corrected chi connectivity index (χ1v) is 8.56. The van der Waals surface area contributed by atoms with E-state index in [2.05, 4.69) is 10.6 Å². The quantitative estimate of drug-likeness (QED) is 0.665. The Morgan fingerprint density at radius 1 is 1.32 bits per heavy atom. The second-order valence-electron chi connectivity index (χ2n) is 6.46. The van der Waals surface area contributed by atoms with Crippen molar-refractivity contribution in [1.29, 1.82) is 0 Å². The van der Waals surface area contributed by atoms with Crippen molar-refractivity contribution in [2.24, 2.45) is 0 Å². The van der Waals surface area contributed by atoms with E-state index in [0.29, 0.717) is 13.1 Å². The molecule has 2 amide bonds. The van der Waals surface area contributed by atoms with Crippen molar-refractivity contribution in [2.75, 3.05) is 20.2 Å². The van der Waals surface area contributed by atoms with Gasteiger partial charge in [0, 0.05) is 18.6 Å². The van der Waals surface area contributed by atoms with Crippen molar-refractivity contribution in [3.8, 4) is 5.75 Å². The number of carboxylic acid groups (broad SMARTS) is 1. The van der Waals surface area contributed by atoms with Crippen LogP contribution in [0.3, 0.4) is 0 Å². The summed E-state index contributed by atoms with van der Waals surface area (Å²) in [5.41, 5.74) is 2.06. The average Bonchev–Trinajstić information content (AvgIpc) is 2.53. The average molecular weight is 349 g/mol. The highest BCUT2D eigenvalue weighted by Gasteiger charge is 2.34. The number of amides is 2. The maximum atomic E-state index is 12.0. The normalized spacial score (nSPS) is 19.2. The van der Waals surface area contributed by atoms with Crippen LogP contribution in [0.5, 0.6) is 5.75 Å². The fourth-order valence-corrected chi connectivity index (χ4v) is 3.14. The molecule has 1 fully saturated rings. The van der Waals surface area contributed by atoms with Crippen LogP contribution in [0.25, 0.3) is 0 Å². The number of aliphatic carboxylic acids is 1. The monoisotopic (exact) mass is 349 g/mol. The maximum Gasteiger partial charge on any atom is 0.317 e. The second-order valence-corrected chi connectivity index (χ2v) is 6.46. The largest absolute Gasteiger partial charge is 0.497 e. The summed E-state index contributed by atoms with van der Waals surface area (Å²) in [6, 6.07) is 5.97. The van der Waals surface area contributed by atoms with Gasteiger partial charge in [0.1, 0.15) is 5.75 Å². The summed E-state index contributed by atoms with van der Waals surface area (Å²) in [7, 11) is 1.62. The van der Waals surface area contributed by atoms with E-state index >= 15 is 0 Å². The van der Waals surface area contributed by atoms with Crippen LogP contribution < -0.4 is 15.4 Å². The number of carboxylic acids is 1. The van der Waals surface area contributed by atoms with Crippen molar-refractivity contribution in [3.63, 3.8) is 0 Å². The molecule has 25 heavy (non-hydrogen) atoms. The fraction of sp³-hybridized carbons (Fsp3) is 0.556. The minimum atomic E-state index is -0.815. The van der Waals surface area contributed by atoms with E-state index in [0.717, 1.165) is 29.7 Å². The molecule has 1 aliphatic rings. The third-order valence-corrected chi connectivity index (χ3v) is 4.51. The molecule has 0 aliphatic heterocycles. The minimum Gasteiger partial charge on any atom is -0.497 e. The van der Waals surface area contributed by atoms with E-state index in [1.165, 1.54) is 0 Å². The standard InChI is InChI=1S/C18H27N3O4/c1-4-21(11-17(22)23)15-8-14(9-15)20-18(24)19-10-13-5-12(2)6-16(7-13)25-3/h5-7,14-15H,4,8-11H2,1-3H3,(H,22,23)(H2,19,20,24). The minimum absolute atomic E-state index is 0.0509. The van der Waals surface area contributed by atoms with Crippen LogP contribution in [0.15, 0.2) is 18.2 Å². The zero-order chi connectivity index (χ0) is 18.4. The number of hydrogen-bond acceptors (Lipinski definition) is 4. The van der Waals surface area contributed by atoms with Crippen LogP contribution in [0, 0.1) is 6.92 Å². The van der Waals surface area contributed by atoms with Gasteiger partial charge in [-0.05, 0) is 49.6 Å². The molecule has 7 nitrogen and oxygen atoms in total. The van der Waals surface area contributed by atoms with Gasteiger partial charge in [-0.15, -0.1) is 0 Å². The molecule has 0 spiro atoms. The Kier molecular flexibility index (Phi) is 6.64. The smallest absolute Gasteiger partial charge is 0.317 e. The summed E-state index contributed by atoms with van der Waals surface area (Å²) >= 11 is 0. The highest BCUT2D eigenvalue weighted by Crippen LogP contribution is 2.25. The molecule has 0 bridgehead atoms. The van der Waals surface area contributed by atoms with Crippen molar-refractivity contribution >= 4 is 12.0 Å². The van der Waals surface area contributed by atoms with Gasteiger partial charge >= 0.3 is 12.0 Å². The summed E-state index contributed by atoms with van der Waals surface area (Å²) in [5, 5.41) is 14.7. The molecule has 3 N–H and O–H groups in total. The molecular weight excluding hydrogens is 322 g/mol. The van der Waals surface area contributed by atoms with Crippen molar-refractivity contribution in [1.82, 2.24) is 15.5 Å². The molecule has 0 atom stereocenters. The third-order valence-electron chi connectivity index (χ3n) is 4.51. The first kappa shape index (κ1) is 19.1. The summed E-state index contributed by atoms with van der Waals surface area (Å²) < 4.78 is 5.23.